The van der Waals surface area contributed by atoms with Crippen molar-refractivity contribution in [2.75, 3.05) is 14.1 Å². The lowest BCUT2D eigenvalue weighted by molar-refractivity contribution is -0.156. The van der Waals surface area contributed by atoms with Crippen molar-refractivity contribution in [1.29, 1.82) is 0 Å². The third-order valence-corrected chi connectivity index (χ3v) is 4.19. The number of carbonyl (C=O) groups excluding carboxylic acids is 3. The predicted molar refractivity (Wildman–Crippen MR) is 133 cm³/mol. The number of H-pyrrole nitrogens is 2. The van der Waals surface area contributed by atoms with Crippen LogP contribution in [-0.2, 0) is 19.1 Å². The first-order valence-corrected chi connectivity index (χ1v) is 10.2. The third kappa shape index (κ3) is 7.87. The van der Waals surface area contributed by atoms with E-state index >= 15 is 0 Å². The molecular weight excluding hydrogens is 504 g/mol. The van der Waals surface area contributed by atoms with Crippen LogP contribution >= 0.6 is 0 Å². The summed E-state index contributed by atoms with van der Waals surface area (Å²) < 4.78 is 60.2. The van der Waals surface area contributed by atoms with Crippen LogP contribution in [0.15, 0.2) is 46.5 Å². The van der Waals surface area contributed by atoms with Gasteiger partial charge in [-0.3, -0.25) is 24.0 Å². The molecule has 0 saturated heterocycles. The minimum absolute atomic E-state index is 0.153. The zero-order chi connectivity index (χ0) is 33.4. The summed E-state index contributed by atoms with van der Waals surface area (Å²) in [5.74, 6) is -2.80. The second-order valence-corrected chi connectivity index (χ2v) is 7.00. The summed E-state index contributed by atoms with van der Waals surface area (Å²) in [5, 5.41) is 9.85. The summed E-state index contributed by atoms with van der Waals surface area (Å²) in [7, 11) is -5.39. The molecule has 3 N–H and O–H groups in total. The Hall–Kier alpha value is -5.27. The van der Waals surface area contributed by atoms with Gasteiger partial charge >= 0.3 is 17.9 Å². The van der Waals surface area contributed by atoms with E-state index in [1.54, 1.807) is 0 Å². The van der Waals surface area contributed by atoms with Gasteiger partial charge in [0.15, 0.2) is 23.0 Å². The Morgan fingerprint density at radius 1 is 0.763 bits per heavy atom. The number of phenolic OH excluding ortho intramolecular Hbond substituents is 1. The maximum absolute atomic E-state index is 11.6. The largest absolute Gasteiger partial charge is 0.504 e. The van der Waals surface area contributed by atoms with Crippen LogP contribution in [0.2, 0.25) is 0 Å². The fraction of sp³-hybridized carbons (Fsp3) is 0.208. The predicted octanol–water partition coefficient (Wildman–Crippen LogP) is 1.59. The maximum Gasteiger partial charge on any atom is 0.310 e. The molecule has 2 aromatic carbocycles. The van der Waals surface area contributed by atoms with Gasteiger partial charge < -0.3 is 34.0 Å². The van der Waals surface area contributed by atoms with Gasteiger partial charge in [0.1, 0.15) is 0 Å². The summed E-state index contributed by atoms with van der Waals surface area (Å²) in [6.07, 6.45) is 2.36. The lowest BCUT2D eigenvalue weighted by Gasteiger charge is -2.08. The lowest BCUT2D eigenvalue weighted by Crippen LogP contribution is -2.08. The van der Waals surface area contributed by atoms with Crippen LogP contribution in [0.3, 0.4) is 0 Å². The smallest absolute Gasteiger partial charge is 0.310 e. The molecule has 0 unspecified atom stereocenters. The molecule has 4 aromatic rings. The molecule has 4 rings (SSSR count). The number of carbonyl (C=O) groups is 3. The molecule has 0 fully saturated rings. The minimum atomic E-state index is -2.72. The molecule has 2 aromatic heterocycles. The van der Waals surface area contributed by atoms with Crippen molar-refractivity contribution < 1.29 is 46.7 Å². The monoisotopic (exact) mass is 534 g/mol. The standard InChI is InChI=1S/C11H10N2O4.C9H8N2O3.C4H6O3/c1-6(14)17-10-3-7-8(4-9(10)16-2)12-5-13-11(7)15;1-14-8-3-6-5(2-7(8)12)9(13)11-4-10-6;1-3(5)7-4(2)6/h3-5H,1-2H3,(H,12,13,15);2-4,12H,1H3,(H,10,11,13);1-2H3/i2D3;1D3;. The highest BCUT2D eigenvalue weighted by atomic mass is 16.6. The van der Waals surface area contributed by atoms with Gasteiger partial charge in [-0.25, -0.2) is 9.97 Å². The van der Waals surface area contributed by atoms with E-state index in [0.29, 0.717) is 0 Å². The number of aromatic nitrogens is 4. The van der Waals surface area contributed by atoms with Gasteiger partial charge in [0.05, 0.1) is 56.8 Å². The first-order chi connectivity index (χ1) is 20.3. The van der Waals surface area contributed by atoms with Gasteiger partial charge in [0.25, 0.3) is 11.1 Å². The van der Waals surface area contributed by atoms with E-state index in [0.717, 1.165) is 13.0 Å². The fourth-order valence-corrected chi connectivity index (χ4v) is 2.76. The Morgan fingerprint density at radius 3 is 1.74 bits per heavy atom. The number of benzene rings is 2. The van der Waals surface area contributed by atoms with E-state index < -0.39 is 48.9 Å². The number of fused-ring (bicyclic) bond motifs is 2. The van der Waals surface area contributed by atoms with Crippen LogP contribution in [0.1, 0.15) is 29.0 Å². The molecule has 0 amide bonds. The van der Waals surface area contributed by atoms with Gasteiger partial charge in [0, 0.05) is 32.9 Å². The number of hydrogen-bond acceptors (Lipinski definition) is 12. The lowest BCUT2D eigenvalue weighted by atomic mass is 10.2. The number of nitrogens with one attached hydrogen (secondary N) is 2. The SMILES string of the molecule is CC(=O)OC(C)=O.[2H]C([2H])([2H])Oc1cc2nc[nH]c(=O)c2cc1O.[2H]C([2H])([2H])Oc1cc2nc[nH]c(=O)c2cc1OC(C)=O. The van der Waals surface area contributed by atoms with Gasteiger partial charge in [-0.15, -0.1) is 0 Å². The number of aromatic hydroxyl groups is 1. The Kier molecular flexibility index (Phi) is 7.23. The highest BCUT2D eigenvalue weighted by Crippen LogP contribution is 2.30. The molecule has 0 bridgehead atoms. The molecule has 38 heavy (non-hydrogen) atoms. The zero-order valence-corrected chi connectivity index (χ0v) is 20.0. The Morgan fingerprint density at radius 2 is 1.26 bits per heavy atom. The van der Waals surface area contributed by atoms with Crippen molar-refractivity contribution in [2.45, 2.75) is 20.8 Å². The third-order valence-electron chi connectivity index (χ3n) is 4.19. The molecule has 14 nitrogen and oxygen atoms in total. The number of methoxy groups -OCH3 is 2. The van der Waals surface area contributed by atoms with Crippen LogP contribution < -0.4 is 25.3 Å². The number of ether oxygens (including phenoxy) is 4. The molecule has 0 aliphatic rings. The quantitative estimate of drug-likeness (QED) is 0.195. The van der Waals surface area contributed by atoms with Gasteiger partial charge in [-0.05, 0) is 12.1 Å². The average Bonchev–Trinajstić information content (AvgIpc) is 2.84. The summed E-state index contributed by atoms with van der Waals surface area (Å²) in [5.41, 5.74) is -0.399. The van der Waals surface area contributed by atoms with Crippen LogP contribution in [0.5, 0.6) is 23.0 Å². The second-order valence-electron chi connectivity index (χ2n) is 7.00. The van der Waals surface area contributed by atoms with Crippen molar-refractivity contribution >= 4 is 39.7 Å². The Bertz CT molecular complexity index is 1790. The van der Waals surface area contributed by atoms with Gasteiger partial charge in [0.2, 0.25) is 0 Å². The van der Waals surface area contributed by atoms with Crippen LogP contribution in [-0.4, -0.2) is 57.0 Å². The van der Waals surface area contributed by atoms with Crippen LogP contribution in [0.4, 0.5) is 0 Å². The average molecular weight is 535 g/mol. The van der Waals surface area contributed by atoms with E-state index in [4.69, 9.17) is 17.7 Å². The number of esters is 3. The van der Waals surface area contributed by atoms with E-state index in [2.05, 4.69) is 29.4 Å². The van der Waals surface area contributed by atoms with E-state index in [1.165, 1.54) is 44.7 Å². The second kappa shape index (κ2) is 13.2. The summed E-state index contributed by atoms with van der Waals surface area (Å²) in [6, 6.07) is 4.76. The molecule has 0 aliphatic heterocycles. The van der Waals surface area contributed by atoms with Gasteiger partial charge in [-0.1, -0.05) is 0 Å². The van der Waals surface area contributed by atoms with E-state index in [1.807, 2.05) is 0 Å². The number of aromatic amines is 2. The van der Waals surface area contributed by atoms with Crippen molar-refractivity contribution in [2.24, 2.45) is 0 Å². The molecular formula is C24H24N4O10. The van der Waals surface area contributed by atoms with Crippen molar-refractivity contribution in [1.82, 2.24) is 19.9 Å². The van der Waals surface area contributed by atoms with E-state index in [9.17, 15) is 29.1 Å². The fourth-order valence-electron chi connectivity index (χ4n) is 2.76. The first kappa shape index (κ1) is 20.9. The normalized spacial score (nSPS) is 12.8. The molecule has 0 atom stereocenters. The number of phenols is 1. The molecule has 0 spiro atoms. The Balaban J connectivity index is 0.000000256. The number of rotatable bonds is 3. The molecule has 0 radical (unpaired) electrons. The summed E-state index contributed by atoms with van der Waals surface area (Å²) >= 11 is 0. The number of nitrogens with zero attached hydrogens (tertiary/aromatic N) is 2. The minimum Gasteiger partial charge on any atom is -0.504 e. The van der Waals surface area contributed by atoms with Crippen LogP contribution in [0, 0.1) is 0 Å². The molecule has 0 saturated carbocycles. The molecule has 0 aliphatic carbocycles. The maximum atomic E-state index is 11.6. The van der Waals surface area contributed by atoms with E-state index in [-0.39, 0.29) is 39.1 Å². The molecule has 200 valence electrons. The topological polar surface area (TPSA) is 200 Å². The number of hydrogen-bond donors (Lipinski definition) is 3. The van der Waals surface area contributed by atoms with Crippen LogP contribution in [0.25, 0.3) is 21.8 Å². The van der Waals surface area contributed by atoms with Crippen molar-refractivity contribution in [3.63, 3.8) is 0 Å². The van der Waals surface area contributed by atoms with Gasteiger partial charge in [-0.2, -0.15) is 0 Å². The summed E-state index contributed by atoms with van der Waals surface area (Å²) in [4.78, 5) is 66.1. The molecule has 14 heteroatoms. The Labute approximate surface area is 222 Å². The first-order valence-electron chi connectivity index (χ1n) is 13.2. The zero-order valence-electron chi connectivity index (χ0n) is 26.0. The van der Waals surface area contributed by atoms with Crippen molar-refractivity contribution in [3.05, 3.63) is 57.6 Å². The van der Waals surface area contributed by atoms with Crippen molar-refractivity contribution in [3.8, 4) is 23.0 Å². The molecule has 2 heterocycles. The summed E-state index contributed by atoms with van der Waals surface area (Å²) in [6.45, 7) is 3.51. The highest BCUT2D eigenvalue weighted by Gasteiger charge is 2.11. The highest BCUT2D eigenvalue weighted by molar-refractivity contribution is 5.84.